The van der Waals surface area contributed by atoms with Crippen LogP contribution < -0.4 is 11.5 Å². The summed E-state index contributed by atoms with van der Waals surface area (Å²) in [6, 6.07) is 10.8. The van der Waals surface area contributed by atoms with Crippen molar-refractivity contribution in [1.82, 2.24) is 9.97 Å². The van der Waals surface area contributed by atoms with Crippen molar-refractivity contribution >= 4 is 23.4 Å². The predicted octanol–water partition coefficient (Wildman–Crippen LogP) is 1.66. The number of hydrogen-bond donors (Lipinski definition) is 2. The lowest BCUT2D eigenvalue weighted by Crippen LogP contribution is -1.99. The molecule has 0 unspecified atom stereocenters. The Balaban J connectivity index is 2.35. The van der Waals surface area contributed by atoms with Crippen LogP contribution in [0.5, 0.6) is 0 Å². The summed E-state index contributed by atoms with van der Waals surface area (Å²) in [6.45, 7) is 0. The number of nitrogens with zero attached hydrogens (tertiary/aromatic N) is 3. The first-order valence-electron chi connectivity index (χ1n) is 4.76. The van der Waals surface area contributed by atoms with Gasteiger partial charge in [0.25, 0.3) is 0 Å². The maximum absolute atomic E-state index is 8.95. The van der Waals surface area contributed by atoms with Crippen LogP contribution in [0.15, 0.2) is 40.4 Å². The number of nitrogens with two attached hydrogens (primary N) is 2. The molecule has 0 bridgehead atoms. The number of nitriles is 1. The smallest absolute Gasteiger partial charge is 0.196 e. The molecule has 0 aliphatic rings. The second-order valence-corrected chi connectivity index (χ2v) is 4.22. The van der Waals surface area contributed by atoms with Crippen LogP contribution in [-0.4, -0.2) is 9.97 Å². The second-order valence-electron chi connectivity index (χ2n) is 3.21. The number of rotatable bonds is 2. The van der Waals surface area contributed by atoms with Gasteiger partial charge in [0.2, 0.25) is 0 Å². The molecular formula is C11H9N5S. The molecule has 2 rings (SSSR count). The first-order valence-corrected chi connectivity index (χ1v) is 5.57. The number of benzene rings is 1. The third kappa shape index (κ3) is 2.65. The van der Waals surface area contributed by atoms with E-state index in [1.165, 1.54) is 17.8 Å². The highest BCUT2D eigenvalue weighted by atomic mass is 32.2. The van der Waals surface area contributed by atoms with Crippen LogP contribution in [0, 0.1) is 11.3 Å². The molecule has 0 amide bonds. The highest BCUT2D eigenvalue weighted by Crippen LogP contribution is 2.28. The van der Waals surface area contributed by atoms with Crippen LogP contribution in [0.3, 0.4) is 0 Å². The van der Waals surface area contributed by atoms with Gasteiger partial charge in [-0.25, -0.2) is 9.97 Å². The van der Waals surface area contributed by atoms with Gasteiger partial charge in [0.05, 0.1) is 5.56 Å². The molecule has 6 heteroatoms. The second kappa shape index (κ2) is 4.72. The van der Waals surface area contributed by atoms with Crippen molar-refractivity contribution in [3.05, 3.63) is 35.9 Å². The van der Waals surface area contributed by atoms with E-state index in [1.807, 2.05) is 12.1 Å². The fourth-order valence-corrected chi connectivity index (χ4v) is 2.12. The zero-order valence-corrected chi connectivity index (χ0v) is 9.61. The van der Waals surface area contributed by atoms with Gasteiger partial charge in [0, 0.05) is 11.0 Å². The van der Waals surface area contributed by atoms with Gasteiger partial charge in [0.15, 0.2) is 5.16 Å². The Labute approximate surface area is 102 Å². The number of hydrogen-bond acceptors (Lipinski definition) is 6. The van der Waals surface area contributed by atoms with E-state index in [4.69, 9.17) is 16.7 Å². The van der Waals surface area contributed by atoms with Crippen molar-refractivity contribution in [2.45, 2.75) is 10.1 Å². The average molecular weight is 243 g/mol. The van der Waals surface area contributed by atoms with Crippen LogP contribution in [0.1, 0.15) is 5.56 Å². The Morgan fingerprint density at radius 1 is 1.12 bits per heavy atom. The lowest BCUT2D eigenvalue weighted by atomic mass is 10.2. The van der Waals surface area contributed by atoms with E-state index in [0.717, 1.165) is 4.90 Å². The zero-order valence-electron chi connectivity index (χ0n) is 8.79. The van der Waals surface area contributed by atoms with E-state index >= 15 is 0 Å². The third-order valence-corrected chi connectivity index (χ3v) is 2.90. The van der Waals surface area contributed by atoms with Crippen LogP contribution >= 0.6 is 11.8 Å². The molecule has 0 radical (unpaired) electrons. The van der Waals surface area contributed by atoms with Crippen molar-refractivity contribution in [1.29, 1.82) is 5.26 Å². The van der Waals surface area contributed by atoms with Crippen LogP contribution in [0.4, 0.5) is 11.6 Å². The van der Waals surface area contributed by atoms with Crippen molar-refractivity contribution < 1.29 is 0 Å². The topological polar surface area (TPSA) is 102 Å². The molecule has 5 nitrogen and oxygen atoms in total. The molecule has 1 heterocycles. The van der Waals surface area contributed by atoms with Gasteiger partial charge in [-0.3, -0.25) is 0 Å². The average Bonchev–Trinajstić information content (AvgIpc) is 2.28. The first kappa shape index (κ1) is 11.2. The summed E-state index contributed by atoms with van der Waals surface area (Å²) < 4.78 is 0. The summed E-state index contributed by atoms with van der Waals surface area (Å²) >= 11 is 1.26. The summed E-state index contributed by atoms with van der Waals surface area (Å²) in [5.41, 5.74) is 11.7. The summed E-state index contributed by atoms with van der Waals surface area (Å²) in [7, 11) is 0. The minimum Gasteiger partial charge on any atom is -0.383 e. The molecular weight excluding hydrogens is 234 g/mol. The number of aromatic nitrogens is 2. The minimum atomic E-state index is 0.314. The van der Waals surface area contributed by atoms with E-state index in [2.05, 4.69) is 16.0 Å². The van der Waals surface area contributed by atoms with Gasteiger partial charge < -0.3 is 11.5 Å². The Morgan fingerprint density at radius 3 is 2.41 bits per heavy atom. The molecule has 17 heavy (non-hydrogen) atoms. The molecule has 0 spiro atoms. The highest BCUT2D eigenvalue weighted by Gasteiger charge is 2.06. The standard InChI is InChI=1S/C11H9N5S/c12-6-7-3-1-2-4-8(7)17-11-15-9(13)5-10(14)16-11/h1-5H,(H4,13,14,15,16). The molecule has 0 atom stereocenters. The first-order chi connectivity index (χ1) is 8.19. The lowest BCUT2D eigenvalue weighted by molar-refractivity contribution is 0.984. The van der Waals surface area contributed by atoms with Crippen LogP contribution in [0.25, 0.3) is 0 Å². The van der Waals surface area contributed by atoms with E-state index in [-0.39, 0.29) is 0 Å². The highest BCUT2D eigenvalue weighted by molar-refractivity contribution is 7.99. The molecule has 0 saturated heterocycles. The van der Waals surface area contributed by atoms with Gasteiger partial charge in [-0.05, 0) is 23.9 Å². The summed E-state index contributed by atoms with van der Waals surface area (Å²) in [4.78, 5) is 8.87. The SMILES string of the molecule is N#Cc1ccccc1Sc1nc(N)cc(N)n1. The van der Waals surface area contributed by atoms with E-state index in [9.17, 15) is 0 Å². The van der Waals surface area contributed by atoms with Gasteiger partial charge in [0.1, 0.15) is 17.7 Å². The monoisotopic (exact) mass is 243 g/mol. The summed E-state index contributed by atoms with van der Waals surface area (Å²) in [6.07, 6.45) is 0. The molecule has 2 aromatic rings. The fourth-order valence-electron chi connectivity index (χ4n) is 1.25. The molecule has 1 aromatic heterocycles. The normalized spacial score (nSPS) is 9.82. The van der Waals surface area contributed by atoms with Crippen molar-refractivity contribution in [3.8, 4) is 6.07 Å². The molecule has 0 aliphatic carbocycles. The van der Waals surface area contributed by atoms with E-state index in [1.54, 1.807) is 12.1 Å². The molecule has 0 aliphatic heterocycles. The number of anilines is 2. The fraction of sp³-hybridized carbons (Fsp3) is 0. The van der Waals surface area contributed by atoms with Gasteiger partial charge >= 0.3 is 0 Å². The van der Waals surface area contributed by atoms with Crippen LogP contribution in [0.2, 0.25) is 0 Å². The van der Waals surface area contributed by atoms with Crippen molar-refractivity contribution in [2.75, 3.05) is 11.5 Å². The Bertz CT molecular complexity index is 570. The third-order valence-electron chi connectivity index (χ3n) is 1.95. The Hall–Kier alpha value is -2.26. The van der Waals surface area contributed by atoms with Crippen molar-refractivity contribution in [2.24, 2.45) is 0 Å². The quantitative estimate of drug-likeness (QED) is 0.778. The molecule has 4 N–H and O–H groups in total. The number of nitrogen functional groups attached to an aromatic ring is 2. The van der Waals surface area contributed by atoms with Gasteiger partial charge in [-0.15, -0.1) is 0 Å². The Morgan fingerprint density at radius 2 is 1.76 bits per heavy atom. The lowest BCUT2D eigenvalue weighted by Gasteiger charge is -2.03. The zero-order chi connectivity index (χ0) is 12.3. The Kier molecular flexibility index (Phi) is 3.12. The molecule has 84 valence electrons. The van der Waals surface area contributed by atoms with Gasteiger partial charge in [-0.2, -0.15) is 5.26 Å². The van der Waals surface area contributed by atoms with E-state index in [0.29, 0.717) is 22.4 Å². The van der Waals surface area contributed by atoms with Crippen LogP contribution in [-0.2, 0) is 0 Å². The summed E-state index contributed by atoms with van der Waals surface area (Å²) in [5, 5.41) is 9.39. The minimum absolute atomic E-state index is 0.314. The van der Waals surface area contributed by atoms with Gasteiger partial charge in [-0.1, -0.05) is 12.1 Å². The maximum Gasteiger partial charge on any atom is 0.196 e. The molecule has 1 aromatic carbocycles. The predicted molar refractivity (Wildman–Crippen MR) is 66.1 cm³/mol. The molecule has 0 fully saturated rings. The maximum atomic E-state index is 8.95. The molecule has 0 saturated carbocycles. The van der Waals surface area contributed by atoms with E-state index < -0.39 is 0 Å². The largest absolute Gasteiger partial charge is 0.383 e. The van der Waals surface area contributed by atoms with Crippen molar-refractivity contribution in [3.63, 3.8) is 0 Å². The summed E-state index contributed by atoms with van der Waals surface area (Å²) in [5.74, 6) is 0.629.